The summed E-state index contributed by atoms with van der Waals surface area (Å²) in [6.45, 7) is 17.1. The third-order valence-electron chi connectivity index (χ3n) is 8.32. The summed E-state index contributed by atoms with van der Waals surface area (Å²) in [5.74, 6) is -0.265. The Balaban J connectivity index is 1.57. The van der Waals surface area contributed by atoms with Crippen LogP contribution in [0.25, 0.3) is 11.0 Å². The third-order valence-corrected chi connectivity index (χ3v) is 8.32. The minimum atomic E-state index is -1.05. The lowest BCUT2D eigenvalue weighted by Gasteiger charge is -2.33. The maximum Gasteiger partial charge on any atom is 0.310 e. The van der Waals surface area contributed by atoms with Crippen LogP contribution in [0.2, 0.25) is 0 Å². The number of carboxylic acid groups (broad SMARTS) is 1. The van der Waals surface area contributed by atoms with Crippen LogP contribution in [0, 0.1) is 19.3 Å². The highest BCUT2D eigenvalue weighted by atomic mass is 16.5. The number of hydrogen-bond donors (Lipinski definition) is 1. The Kier molecular flexibility index (Phi) is 7.21. The largest absolute Gasteiger partial charge is 0.486 e. The number of fused-ring (bicyclic) bond motifs is 2. The molecule has 0 radical (unpaired) electrons. The van der Waals surface area contributed by atoms with Gasteiger partial charge in [0, 0.05) is 37.7 Å². The van der Waals surface area contributed by atoms with E-state index >= 15 is 0 Å². The second-order valence-corrected chi connectivity index (χ2v) is 12.3. The van der Waals surface area contributed by atoms with Crippen LogP contribution in [0.4, 0.5) is 0 Å². The predicted octanol–water partition coefficient (Wildman–Crippen LogP) is 6.48. The van der Waals surface area contributed by atoms with Gasteiger partial charge in [-0.05, 0) is 88.4 Å². The molecule has 1 aromatic heterocycles. The van der Waals surface area contributed by atoms with Crippen LogP contribution in [0.1, 0.15) is 73.9 Å². The van der Waals surface area contributed by atoms with Gasteiger partial charge < -0.3 is 9.84 Å². The molecule has 0 spiro atoms. The molecule has 5 rings (SSSR count). The molecule has 7 nitrogen and oxygen atoms in total. The lowest BCUT2D eigenvalue weighted by Crippen LogP contribution is -2.40. The van der Waals surface area contributed by atoms with E-state index in [1.165, 1.54) is 16.7 Å². The van der Waals surface area contributed by atoms with E-state index in [0.717, 1.165) is 59.7 Å². The summed E-state index contributed by atoms with van der Waals surface area (Å²) >= 11 is 0. The molecule has 0 bridgehead atoms. The van der Waals surface area contributed by atoms with Crippen molar-refractivity contribution in [2.75, 3.05) is 6.54 Å². The number of aromatic nitrogens is 3. The van der Waals surface area contributed by atoms with Crippen molar-refractivity contribution in [1.82, 2.24) is 19.9 Å². The highest BCUT2D eigenvalue weighted by Gasteiger charge is 2.40. The van der Waals surface area contributed by atoms with Crippen molar-refractivity contribution in [2.24, 2.45) is 5.41 Å². The first kappa shape index (κ1) is 27.8. The van der Waals surface area contributed by atoms with E-state index in [0.29, 0.717) is 0 Å². The monoisotopic (exact) mass is 540 g/mol. The lowest BCUT2D eigenvalue weighted by atomic mass is 9.69. The minimum absolute atomic E-state index is 0.339. The Hall–Kier alpha value is -3.71. The van der Waals surface area contributed by atoms with Gasteiger partial charge in [-0.2, -0.15) is 0 Å². The molecular formula is C33H40N4O3. The molecule has 1 aliphatic heterocycles. The van der Waals surface area contributed by atoms with Crippen LogP contribution < -0.4 is 4.74 Å². The van der Waals surface area contributed by atoms with E-state index in [4.69, 9.17) is 4.74 Å². The number of benzene rings is 3. The molecule has 210 valence electrons. The Morgan fingerprint density at radius 1 is 1.12 bits per heavy atom. The minimum Gasteiger partial charge on any atom is -0.486 e. The zero-order valence-corrected chi connectivity index (χ0v) is 24.7. The van der Waals surface area contributed by atoms with E-state index in [1.54, 1.807) is 0 Å². The Morgan fingerprint density at radius 2 is 1.88 bits per heavy atom. The number of carbonyl (C=O) groups is 1. The molecule has 7 heteroatoms. The maximum absolute atomic E-state index is 12.7. The lowest BCUT2D eigenvalue weighted by molar-refractivity contribution is -0.147. The number of aliphatic carboxylic acids is 1. The van der Waals surface area contributed by atoms with Gasteiger partial charge in [0.25, 0.3) is 0 Å². The normalized spacial score (nSPS) is 16.3. The molecule has 0 amide bonds. The Labute approximate surface area is 236 Å². The molecule has 0 saturated heterocycles. The SMILES string of the molecule is CCn1nnc2c(C)c([C@H](c3ccc(C)c(CN4Cc5ccccc5OC(C)(C)C4)c3)C(C)(C)C(=O)O)ccc21. The van der Waals surface area contributed by atoms with Gasteiger partial charge >= 0.3 is 5.97 Å². The second-order valence-electron chi connectivity index (χ2n) is 12.3. The van der Waals surface area contributed by atoms with Gasteiger partial charge in [0.05, 0.1) is 10.9 Å². The summed E-state index contributed by atoms with van der Waals surface area (Å²) in [6, 6.07) is 18.8. The van der Waals surface area contributed by atoms with Crippen molar-refractivity contribution in [3.05, 3.63) is 88.0 Å². The molecule has 0 saturated carbocycles. The molecule has 40 heavy (non-hydrogen) atoms. The van der Waals surface area contributed by atoms with Crippen molar-refractivity contribution in [1.29, 1.82) is 0 Å². The molecule has 1 atom stereocenters. The number of nitrogens with zero attached hydrogens (tertiary/aromatic N) is 4. The van der Waals surface area contributed by atoms with Crippen LogP contribution in [0.3, 0.4) is 0 Å². The quantitative estimate of drug-likeness (QED) is 0.289. The number of hydrogen-bond acceptors (Lipinski definition) is 5. The fraction of sp³-hybridized carbons (Fsp3) is 0.424. The summed E-state index contributed by atoms with van der Waals surface area (Å²) in [6.07, 6.45) is 0. The number of para-hydroxylation sites is 1. The van der Waals surface area contributed by atoms with Gasteiger partial charge in [0.15, 0.2) is 0 Å². The van der Waals surface area contributed by atoms with Gasteiger partial charge in [-0.3, -0.25) is 9.69 Å². The highest BCUT2D eigenvalue weighted by molar-refractivity contribution is 5.82. The Morgan fingerprint density at radius 3 is 2.60 bits per heavy atom. The molecule has 1 N–H and O–H groups in total. The average Bonchev–Trinajstić information content (AvgIpc) is 3.26. The third kappa shape index (κ3) is 5.10. The topological polar surface area (TPSA) is 80.5 Å². The zero-order chi connectivity index (χ0) is 28.8. The van der Waals surface area contributed by atoms with Crippen LogP contribution >= 0.6 is 0 Å². The highest BCUT2D eigenvalue weighted by Crippen LogP contribution is 2.44. The fourth-order valence-electron chi connectivity index (χ4n) is 6.13. The van der Waals surface area contributed by atoms with Gasteiger partial charge in [-0.25, -0.2) is 4.68 Å². The van der Waals surface area contributed by atoms with Crippen LogP contribution in [0.15, 0.2) is 54.6 Å². The predicted molar refractivity (Wildman–Crippen MR) is 158 cm³/mol. The van der Waals surface area contributed by atoms with E-state index in [2.05, 4.69) is 72.4 Å². The van der Waals surface area contributed by atoms with E-state index < -0.39 is 11.4 Å². The smallest absolute Gasteiger partial charge is 0.310 e. The first-order chi connectivity index (χ1) is 18.9. The molecule has 3 aromatic carbocycles. The summed E-state index contributed by atoms with van der Waals surface area (Å²) in [4.78, 5) is 15.1. The molecule has 0 unspecified atom stereocenters. The summed E-state index contributed by atoms with van der Waals surface area (Å²) in [5, 5.41) is 19.1. The first-order valence-corrected chi connectivity index (χ1v) is 14.1. The van der Waals surface area contributed by atoms with E-state index in [9.17, 15) is 9.90 Å². The van der Waals surface area contributed by atoms with Crippen molar-refractivity contribution in [3.63, 3.8) is 0 Å². The maximum atomic E-state index is 12.7. The summed E-state index contributed by atoms with van der Waals surface area (Å²) in [7, 11) is 0. The van der Waals surface area contributed by atoms with Gasteiger partial charge in [0.2, 0.25) is 0 Å². The van der Waals surface area contributed by atoms with Crippen molar-refractivity contribution >= 4 is 17.0 Å². The number of carboxylic acids is 1. The number of rotatable bonds is 7. The van der Waals surface area contributed by atoms with Gasteiger partial charge in [-0.1, -0.05) is 47.7 Å². The van der Waals surface area contributed by atoms with Crippen LogP contribution in [0.5, 0.6) is 5.75 Å². The number of aryl methyl sites for hydroxylation is 3. The van der Waals surface area contributed by atoms with Gasteiger partial charge in [0.1, 0.15) is 16.9 Å². The molecule has 0 aliphatic carbocycles. The summed E-state index contributed by atoms with van der Waals surface area (Å²) < 4.78 is 8.24. The molecule has 0 fully saturated rings. The molecular weight excluding hydrogens is 500 g/mol. The second kappa shape index (κ2) is 10.4. The molecule has 4 aromatic rings. The summed E-state index contributed by atoms with van der Waals surface area (Å²) in [5.41, 5.74) is 6.88. The molecule has 2 heterocycles. The standard InChI is InChI=1S/C33H40N4O3/c1-8-37-27-16-15-26(22(3)30(27)34-35-37)29(33(6,7)31(38)39)23-14-13-21(2)25(17-23)19-36-18-24-11-9-10-12-28(24)40-32(4,5)20-36/h9-17,29H,8,18-20H2,1-7H3,(H,38,39)/t29-/m0/s1. The Bertz CT molecular complexity index is 1570. The van der Waals surface area contributed by atoms with E-state index in [1.807, 2.05) is 50.6 Å². The fourth-order valence-corrected chi connectivity index (χ4v) is 6.13. The zero-order valence-electron chi connectivity index (χ0n) is 24.7. The van der Waals surface area contributed by atoms with E-state index in [-0.39, 0.29) is 11.5 Å². The van der Waals surface area contributed by atoms with Gasteiger partial charge in [-0.15, -0.1) is 5.10 Å². The average molecular weight is 541 g/mol. The van der Waals surface area contributed by atoms with Crippen molar-refractivity contribution < 1.29 is 14.6 Å². The van der Waals surface area contributed by atoms with Crippen LogP contribution in [-0.2, 0) is 24.4 Å². The number of ether oxygens (including phenoxy) is 1. The first-order valence-electron chi connectivity index (χ1n) is 14.1. The van der Waals surface area contributed by atoms with Crippen molar-refractivity contribution in [2.45, 2.75) is 79.6 Å². The van der Waals surface area contributed by atoms with Crippen LogP contribution in [-0.4, -0.2) is 43.1 Å². The molecule has 1 aliphatic rings. The van der Waals surface area contributed by atoms with Crippen molar-refractivity contribution in [3.8, 4) is 5.75 Å².